The monoisotopic (exact) mass is 259 g/mol. The van der Waals surface area contributed by atoms with Crippen LogP contribution in [0.15, 0.2) is 4.52 Å². The molecule has 2 rings (SSSR count). The van der Waals surface area contributed by atoms with Gasteiger partial charge in [-0.15, -0.1) is 0 Å². The lowest BCUT2D eigenvalue weighted by molar-refractivity contribution is 0.369. The smallest absolute Gasteiger partial charge is 0.227 e. The maximum absolute atomic E-state index is 11.6. The van der Waals surface area contributed by atoms with Crippen LogP contribution in [0.5, 0.6) is 0 Å². The molecule has 1 aromatic heterocycles. The van der Waals surface area contributed by atoms with Crippen LogP contribution in [0.3, 0.4) is 0 Å². The number of aryl methyl sites for hydroxylation is 1. The summed E-state index contributed by atoms with van der Waals surface area (Å²) < 4.78 is 28.3. The Morgan fingerprint density at radius 3 is 2.94 bits per heavy atom. The zero-order valence-corrected chi connectivity index (χ0v) is 10.4. The van der Waals surface area contributed by atoms with Gasteiger partial charge in [-0.25, -0.2) is 8.42 Å². The Morgan fingerprint density at radius 2 is 2.29 bits per heavy atom. The number of hydrogen-bond donors (Lipinski definition) is 1. The van der Waals surface area contributed by atoms with E-state index in [1.54, 1.807) is 0 Å². The number of hydrogen-bond acceptors (Lipinski definition) is 6. The molecule has 17 heavy (non-hydrogen) atoms. The fraction of sp³-hybridized carbons (Fsp3) is 0.800. The number of rotatable bonds is 5. The minimum atomic E-state index is -2.94. The lowest BCUT2D eigenvalue weighted by Gasteiger charge is -2.04. The molecule has 1 atom stereocenters. The van der Waals surface area contributed by atoms with E-state index in [1.807, 2.05) is 0 Å². The highest BCUT2D eigenvalue weighted by Gasteiger charge is 2.32. The van der Waals surface area contributed by atoms with Gasteiger partial charge in [-0.05, 0) is 25.8 Å². The van der Waals surface area contributed by atoms with Crippen molar-refractivity contribution in [3.63, 3.8) is 0 Å². The van der Waals surface area contributed by atoms with Crippen molar-refractivity contribution in [2.24, 2.45) is 5.73 Å². The van der Waals surface area contributed by atoms with E-state index in [-0.39, 0.29) is 11.0 Å². The summed E-state index contributed by atoms with van der Waals surface area (Å²) in [5.74, 6) is 1.32. The van der Waals surface area contributed by atoms with Crippen molar-refractivity contribution in [2.75, 3.05) is 12.3 Å². The molecule has 1 aromatic rings. The molecule has 1 unspecified atom stereocenters. The van der Waals surface area contributed by atoms with Gasteiger partial charge in [0.15, 0.2) is 15.7 Å². The van der Waals surface area contributed by atoms with Gasteiger partial charge in [-0.2, -0.15) is 4.98 Å². The van der Waals surface area contributed by atoms with Gasteiger partial charge < -0.3 is 10.3 Å². The first-order valence-electron chi connectivity index (χ1n) is 5.85. The SMILES string of the molecule is NCCCc1noc(CC2CCCS2(=O)=O)n1. The summed E-state index contributed by atoms with van der Waals surface area (Å²) in [5.41, 5.74) is 5.39. The maximum Gasteiger partial charge on any atom is 0.227 e. The number of nitrogens with zero attached hydrogens (tertiary/aromatic N) is 2. The van der Waals surface area contributed by atoms with Crippen molar-refractivity contribution in [3.05, 3.63) is 11.7 Å². The van der Waals surface area contributed by atoms with E-state index >= 15 is 0 Å². The quantitative estimate of drug-likeness (QED) is 0.804. The molecule has 6 nitrogen and oxygen atoms in total. The van der Waals surface area contributed by atoms with Crippen LogP contribution in [-0.2, 0) is 22.7 Å². The first-order chi connectivity index (χ1) is 8.12. The number of nitrogens with two attached hydrogens (primary N) is 1. The molecule has 1 saturated heterocycles. The summed E-state index contributed by atoms with van der Waals surface area (Å²) in [6.07, 6.45) is 3.26. The summed E-state index contributed by atoms with van der Waals surface area (Å²) in [6, 6.07) is 0. The Balaban J connectivity index is 1.97. The summed E-state index contributed by atoms with van der Waals surface area (Å²) in [4.78, 5) is 4.18. The van der Waals surface area contributed by atoms with E-state index in [0.717, 1.165) is 12.8 Å². The second kappa shape index (κ2) is 5.14. The molecule has 0 aliphatic carbocycles. The van der Waals surface area contributed by atoms with Crippen LogP contribution in [0.2, 0.25) is 0 Å². The van der Waals surface area contributed by atoms with Crippen LogP contribution in [-0.4, -0.2) is 36.1 Å². The summed E-state index contributed by atoms with van der Waals surface area (Å²) in [5, 5.41) is 3.46. The largest absolute Gasteiger partial charge is 0.339 e. The van der Waals surface area contributed by atoms with Crippen molar-refractivity contribution < 1.29 is 12.9 Å². The Hall–Kier alpha value is -0.950. The lowest BCUT2D eigenvalue weighted by Crippen LogP contribution is -2.18. The maximum atomic E-state index is 11.6. The van der Waals surface area contributed by atoms with Gasteiger partial charge in [-0.3, -0.25) is 0 Å². The molecule has 2 heterocycles. The Morgan fingerprint density at radius 1 is 1.47 bits per heavy atom. The molecule has 0 radical (unpaired) electrons. The molecule has 1 fully saturated rings. The Kier molecular flexibility index (Phi) is 3.78. The Labute approximate surface area is 100 Å². The summed E-state index contributed by atoms with van der Waals surface area (Å²) in [7, 11) is -2.94. The van der Waals surface area contributed by atoms with Gasteiger partial charge in [0.2, 0.25) is 5.89 Å². The first-order valence-corrected chi connectivity index (χ1v) is 7.56. The van der Waals surface area contributed by atoms with E-state index in [2.05, 4.69) is 10.1 Å². The van der Waals surface area contributed by atoms with Gasteiger partial charge in [0, 0.05) is 12.8 Å². The molecule has 0 amide bonds. The molecule has 96 valence electrons. The molecular formula is C10H17N3O3S. The van der Waals surface area contributed by atoms with Crippen molar-refractivity contribution in [3.8, 4) is 0 Å². The molecule has 0 aromatic carbocycles. The summed E-state index contributed by atoms with van der Waals surface area (Å²) in [6.45, 7) is 0.584. The van der Waals surface area contributed by atoms with E-state index < -0.39 is 9.84 Å². The lowest BCUT2D eigenvalue weighted by atomic mass is 10.2. The van der Waals surface area contributed by atoms with Crippen LogP contribution in [0.25, 0.3) is 0 Å². The third-order valence-corrected chi connectivity index (χ3v) is 5.26. The zero-order valence-electron chi connectivity index (χ0n) is 9.63. The minimum Gasteiger partial charge on any atom is -0.339 e. The molecule has 1 aliphatic heterocycles. The van der Waals surface area contributed by atoms with Gasteiger partial charge in [0.25, 0.3) is 0 Å². The van der Waals surface area contributed by atoms with E-state index in [0.29, 0.717) is 37.5 Å². The fourth-order valence-electron chi connectivity index (χ4n) is 2.02. The molecule has 7 heteroatoms. The van der Waals surface area contributed by atoms with Crippen LogP contribution < -0.4 is 5.73 Å². The predicted molar refractivity (Wildman–Crippen MR) is 62.2 cm³/mol. The van der Waals surface area contributed by atoms with Crippen molar-refractivity contribution in [1.82, 2.24) is 10.1 Å². The number of aromatic nitrogens is 2. The third-order valence-electron chi connectivity index (χ3n) is 2.98. The van der Waals surface area contributed by atoms with Gasteiger partial charge in [-0.1, -0.05) is 5.16 Å². The molecule has 0 spiro atoms. The number of sulfone groups is 1. The third kappa shape index (κ3) is 3.04. The second-order valence-corrected chi connectivity index (χ2v) is 6.73. The standard InChI is InChI=1S/C10H17N3O3S/c11-5-1-4-9-12-10(16-13-9)7-8-3-2-6-17(8,14)15/h8H,1-7,11H2. The van der Waals surface area contributed by atoms with Gasteiger partial charge in [0.05, 0.1) is 11.0 Å². The highest BCUT2D eigenvalue weighted by atomic mass is 32.2. The summed E-state index contributed by atoms with van der Waals surface area (Å²) >= 11 is 0. The van der Waals surface area contributed by atoms with Gasteiger partial charge in [0.1, 0.15) is 0 Å². The van der Waals surface area contributed by atoms with Crippen molar-refractivity contribution >= 4 is 9.84 Å². The topological polar surface area (TPSA) is 99.1 Å². The molecule has 0 saturated carbocycles. The van der Waals surface area contributed by atoms with Crippen molar-refractivity contribution in [2.45, 2.75) is 37.4 Å². The fourth-order valence-corrected chi connectivity index (χ4v) is 3.84. The van der Waals surface area contributed by atoms with E-state index in [1.165, 1.54) is 0 Å². The van der Waals surface area contributed by atoms with Crippen LogP contribution in [0, 0.1) is 0 Å². The van der Waals surface area contributed by atoms with Crippen molar-refractivity contribution in [1.29, 1.82) is 0 Å². The normalized spacial score (nSPS) is 23.0. The van der Waals surface area contributed by atoms with Crippen LogP contribution in [0.1, 0.15) is 31.0 Å². The van der Waals surface area contributed by atoms with E-state index in [9.17, 15) is 8.42 Å². The molecular weight excluding hydrogens is 242 g/mol. The van der Waals surface area contributed by atoms with E-state index in [4.69, 9.17) is 10.3 Å². The highest BCUT2D eigenvalue weighted by Crippen LogP contribution is 2.23. The minimum absolute atomic E-state index is 0.284. The van der Waals surface area contributed by atoms with Gasteiger partial charge >= 0.3 is 0 Å². The molecule has 0 bridgehead atoms. The molecule has 2 N–H and O–H groups in total. The van der Waals surface area contributed by atoms with Crippen LogP contribution >= 0.6 is 0 Å². The second-order valence-electron chi connectivity index (χ2n) is 4.33. The van der Waals surface area contributed by atoms with Crippen LogP contribution in [0.4, 0.5) is 0 Å². The highest BCUT2D eigenvalue weighted by molar-refractivity contribution is 7.92. The average molecular weight is 259 g/mol. The average Bonchev–Trinajstić information content (AvgIpc) is 2.84. The zero-order chi connectivity index (χ0) is 12.3. The Bertz CT molecular complexity index is 469. The predicted octanol–water partition coefficient (Wildman–Crippen LogP) is 0.0806. The first kappa shape index (κ1) is 12.5. The molecule has 1 aliphatic rings.